The fourth-order valence-corrected chi connectivity index (χ4v) is 1.60. The highest BCUT2D eigenvalue weighted by Crippen LogP contribution is 2.30. The van der Waals surface area contributed by atoms with Gasteiger partial charge in [-0.15, -0.1) is 0 Å². The second-order valence-corrected chi connectivity index (χ2v) is 4.14. The van der Waals surface area contributed by atoms with Crippen LogP contribution in [0.3, 0.4) is 0 Å². The number of nitrogens with one attached hydrogen (secondary N) is 2. The Kier molecular flexibility index (Phi) is 3.94. The number of nitrogens with two attached hydrogens (primary N) is 1. The molecule has 2 aromatic rings. The number of hydrazine groups is 1. The van der Waals surface area contributed by atoms with Crippen LogP contribution in [-0.2, 0) is 6.18 Å². The van der Waals surface area contributed by atoms with Crippen molar-refractivity contribution in [2.75, 3.05) is 10.7 Å². The number of anilines is 3. The Balaban J connectivity index is 2.42. The number of nitrogen functional groups attached to an aromatic ring is 1. The van der Waals surface area contributed by atoms with E-state index in [-0.39, 0.29) is 11.4 Å². The highest BCUT2D eigenvalue weighted by molar-refractivity contribution is 5.61. The third-order valence-electron chi connectivity index (χ3n) is 2.68. The van der Waals surface area contributed by atoms with Gasteiger partial charge < -0.3 is 5.32 Å². The number of aromatic nitrogens is 2. The van der Waals surface area contributed by atoms with Crippen LogP contribution in [0.1, 0.15) is 11.3 Å². The minimum Gasteiger partial charge on any atom is -0.340 e. The first kappa shape index (κ1) is 15.0. The molecule has 0 fully saturated rings. The lowest BCUT2D eigenvalue weighted by Gasteiger charge is -2.13. The summed E-state index contributed by atoms with van der Waals surface area (Å²) in [5.41, 5.74) is 1.34. The predicted molar refractivity (Wildman–Crippen MR) is 69.3 cm³/mol. The molecule has 0 saturated heterocycles. The first-order valence-electron chi connectivity index (χ1n) is 5.76. The molecule has 0 amide bonds. The van der Waals surface area contributed by atoms with Crippen molar-refractivity contribution in [1.29, 1.82) is 0 Å². The van der Waals surface area contributed by atoms with Crippen LogP contribution in [0, 0.1) is 12.7 Å². The zero-order valence-electron chi connectivity index (χ0n) is 10.8. The van der Waals surface area contributed by atoms with Crippen molar-refractivity contribution in [3.8, 4) is 0 Å². The summed E-state index contributed by atoms with van der Waals surface area (Å²) < 4.78 is 51.6. The number of halogens is 4. The topological polar surface area (TPSA) is 75.9 Å². The van der Waals surface area contributed by atoms with Crippen molar-refractivity contribution in [3.63, 3.8) is 0 Å². The molecule has 112 valence electrons. The third-order valence-corrected chi connectivity index (χ3v) is 2.68. The Hall–Kier alpha value is -2.42. The lowest BCUT2D eigenvalue weighted by Crippen LogP contribution is -2.16. The SMILES string of the molecule is Cc1c(F)cccc1Nc1cc(C(F)(F)F)nc(NN)n1. The fourth-order valence-electron chi connectivity index (χ4n) is 1.60. The zero-order chi connectivity index (χ0) is 15.6. The predicted octanol–water partition coefficient (Wildman–Crippen LogP) is 2.97. The van der Waals surface area contributed by atoms with Gasteiger partial charge in [0.25, 0.3) is 0 Å². The molecule has 0 unspecified atom stereocenters. The first-order chi connectivity index (χ1) is 9.81. The van der Waals surface area contributed by atoms with Crippen molar-refractivity contribution >= 4 is 17.5 Å². The van der Waals surface area contributed by atoms with Crippen molar-refractivity contribution in [2.24, 2.45) is 5.84 Å². The lowest BCUT2D eigenvalue weighted by atomic mass is 10.2. The first-order valence-corrected chi connectivity index (χ1v) is 5.76. The molecule has 0 bridgehead atoms. The Morgan fingerprint density at radius 3 is 2.52 bits per heavy atom. The molecule has 4 N–H and O–H groups in total. The van der Waals surface area contributed by atoms with E-state index >= 15 is 0 Å². The minimum atomic E-state index is -4.65. The molecular weight excluding hydrogens is 290 g/mol. The molecule has 0 aliphatic carbocycles. The molecule has 0 saturated carbocycles. The van der Waals surface area contributed by atoms with Gasteiger partial charge in [-0.2, -0.15) is 18.2 Å². The Morgan fingerprint density at radius 2 is 1.90 bits per heavy atom. The molecule has 0 aliphatic heterocycles. The second-order valence-electron chi connectivity index (χ2n) is 4.14. The maximum absolute atomic E-state index is 13.4. The zero-order valence-corrected chi connectivity index (χ0v) is 10.8. The number of rotatable bonds is 3. The normalized spacial score (nSPS) is 11.3. The van der Waals surface area contributed by atoms with Gasteiger partial charge in [0.2, 0.25) is 5.95 Å². The minimum absolute atomic E-state index is 0.154. The quantitative estimate of drug-likeness (QED) is 0.461. The number of nitrogens with zero attached hydrogens (tertiary/aromatic N) is 2. The van der Waals surface area contributed by atoms with Crippen LogP contribution in [-0.4, -0.2) is 9.97 Å². The van der Waals surface area contributed by atoms with Gasteiger partial charge in [0.1, 0.15) is 11.6 Å². The van der Waals surface area contributed by atoms with Gasteiger partial charge in [-0.3, -0.25) is 5.43 Å². The van der Waals surface area contributed by atoms with Crippen molar-refractivity contribution in [1.82, 2.24) is 9.97 Å². The van der Waals surface area contributed by atoms with Crippen LogP contribution < -0.4 is 16.6 Å². The average molecular weight is 301 g/mol. The smallest absolute Gasteiger partial charge is 0.340 e. The van der Waals surface area contributed by atoms with E-state index in [0.717, 1.165) is 0 Å². The summed E-state index contributed by atoms with van der Waals surface area (Å²) in [6.45, 7) is 1.49. The molecule has 0 aliphatic rings. The highest BCUT2D eigenvalue weighted by Gasteiger charge is 2.33. The third kappa shape index (κ3) is 3.37. The molecule has 1 aromatic heterocycles. The van der Waals surface area contributed by atoms with Crippen LogP contribution >= 0.6 is 0 Å². The summed E-state index contributed by atoms with van der Waals surface area (Å²) in [7, 11) is 0. The van der Waals surface area contributed by atoms with Gasteiger partial charge in [-0.05, 0) is 19.1 Å². The van der Waals surface area contributed by atoms with E-state index in [1.807, 2.05) is 5.43 Å². The summed E-state index contributed by atoms with van der Waals surface area (Å²) in [6.07, 6.45) is -4.65. The average Bonchev–Trinajstić information content (AvgIpc) is 2.42. The van der Waals surface area contributed by atoms with Crippen LogP contribution in [0.15, 0.2) is 24.3 Å². The van der Waals surface area contributed by atoms with Gasteiger partial charge in [-0.1, -0.05) is 6.07 Å². The monoisotopic (exact) mass is 301 g/mol. The molecule has 21 heavy (non-hydrogen) atoms. The Labute approximate surface area is 117 Å². The molecular formula is C12H11F4N5. The summed E-state index contributed by atoms with van der Waals surface area (Å²) in [5, 5.41) is 2.61. The van der Waals surface area contributed by atoms with Crippen molar-refractivity contribution < 1.29 is 17.6 Å². The molecule has 0 atom stereocenters. The number of benzene rings is 1. The molecule has 0 spiro atoms. The van der Waals surface area contributed by atoms with E-state index in [1.165, 1.54) is 25.1 Å². The van der Waals surface area contributed by atoms with Gasteiger partial charge >= 0.3 is 6.18 Å². The molecule has 9 heteroatoms. The van der Waals surface area contributed by atoms with Crippen LogP contribution in [0.5, 0.6) is 0 Å². The van der Waals surface area contributed by atoms with Crippen molar-refractivity contribution in [3.05, 3.63) is 41.3 Å². The molecule has 2 rings (SSSR count). The summed E-state index contributed by atoms with van der Waals surface area (Å²) in [5.74, 6) is 4.01. The Bertz CT molecular complexity index is 657. The van der Waals surface area contributed by atoms with Gasteiger partial charge in [0, 0.05) is 17.3 Å². The largest absolute Gasteiger partial charge is 0.433 e. The van der Waals surface area contributed by atoms with E-state index in [2.05, 4.69) is 15.3 Å². The molecule has 0 radical (unpaired) electrons. The molecule has 1 aromatic carbocycles. The highest BCUT2D eigenvalue weighted by atomic mass is 19.4. The summed E-state index contributed by atoms with van der Waals surface area (Å²) in [6, 6.07) is 4.90. The van der Waals surface area contributed by atoms with E-state index in [1.54, 1.807) is 0 Å². The van der Waals surface area contributed by atoms with Gasteiger partial charge in [-0.25, -0.2) is 15.2 Å². The Morgan fingerprint density at radius 1 is 1.19 bits per heavy atom. The number of hydrogen-bond acceptors (Lipinski definition) is 5. The van der Waals surface area contributed by atoms with E-state index < -0.39 is 23.6 Å². The fraction of sp³-hybridized carbons (Fsp3) is 0.167. The van der Waals surface area contributed by atoms with Gasteiger partial charge in [0.05, 0.1) is 0 Å². The summed E-state index contributed by atoms with van der Waals surface area (Å²) >= 11 is 0. The van der Waals surface area contributed by atoms with Crippen molar-refractivity contribution in [2.45, 2.75) is 13.1 Å². The molecule has 5 nitrogen and oxygen atoms in total. The van der Waals surface area contributed by atoms with E-state index in [0.29, 0.717) is 11.8 Å². The van der Waals surface area contributed by atoms with Crippen LogP contribution in [0.2, 0.25) is 0 Å². The molecule has 1 heterocycles. The van der Waals surface area contributed by atoms with E-state index in [4.69, 9.17) is 5.84 Å². The standard InChI is InChI=1S/C12H11F4N5/c1-6-7(13)3-2-4-8(6)18-10-5-9(12(14,15)16)19-11(20-10)21-17/h2-5H,17H2,1H3,(H2,18,19,20,21). The van der Waals surface area contributed by atoms with E-state index in [9.17, 15) is 17.6 Å². The number of hydrogen-bond donors (Lipinski definition) is 3. The number of alkyl halides is 3. The van der Waals surface area contributed by atoms with Crippen LogP contribution in [0.4, 0.5) is 35.0 Å². The van der Waals surface area contributed by atoms with Crippen LogP contribution in [0.25, 0.3) is 0 Å². The maximum Gasteiger partial charge on any atom is 0.433 e. The van der Waals surface area contributed by atoms with Gasteiger partial charge in [0.15, 0.2) is 5.69 Å². The maximum atomic E-state index is 13.4. The summed E-state index contributed by atoms with van der Waals surface area (Å²) in [4.78, 5) is 6.97. The second kappa shape index (κ2) is 5.52. The lowest BCUT2D eigenvalue weighted by molar-refractivity contribution is -0.141.